The van der Waals surface area contributed by atoms with Gasteiger partial charge in [-0.05, 0) is 51.2 Å². The molecule has 0 saturated heterocycles. The number of nitrogens with zero attached hydrogens (tertiary/aromatic N) is 2. The molecule has 0 saturated carbocycles. The van der Waals surface area contributed by atoms with Crippen molar-refractivity contribution in [2.45, 2.75) is 46.0 Å². The number of hydrogen-bond donors (Lipinski definition) is 1. The Balaban J connectivity index is 1.91. The van der Waals surface area contributed by atoms with Gasteiger partial charge in [0.15, 0.2) is 0 Å². The van der Waals surface area contributed by atoms with E-state index in [4.69, 9.17) is 9.97 Å². The molecule has 1 aromatic heterocycles. The van der Waals surface area contributed by atoms with Gasteiger partial charge in [-0.3, -0.25) is 0 Å². The third-order valence-corrected chi connectivity index (χ3v) is 4.46. The van der Waals surface area contributed by atoms with Gasteiger partial charge in [-0.25, -0.2) is 9.97 Å². The fourth-order valence-electron chi connectivity index (χ4n) is 3.09. The van der Waals surface area contributed by atoms with Crippen LogP contribution in [-0.2, 0) is 12.8 Å². The van der Waals surface area contributed by atoms with Crippen LogP contribution in [-0.4, -0.2) is 16.5 Å². The summed E-state index contributed by atoms with van der Waals surface area (Å²) in [5.41, 5.74) is 5.21. The molecule has 110 valence electrons. The molecule has 0 fully saturated rings. The van der Waals surface area contributed by atoms with E-state index in [2.05, 4.69) is 50.4 Å². The lowest BCUT2D eigenvalue weighted by atomic mass is 9.83. The maximum atomic E-state index is 4.80. The lowest BCUT2D eigenvalue weighted by molar-refractivity contribution is 0.553. The Bertz CT molecular complexity index is 649. The van der Waals surface area contributed by atoms with Crippen molar-refractivity contribution in [3.63, 3.8) is 0 Å². The van der Waals surface area contributed by atoms with Crippen LogP contribution in [0.3, 0.4) is 0 Å². The smallest absolute Gasteiger partial charge is 0.134 e. The van der Waals surface area contributed by atoms with Gasteiger partial charge in [0.2, 0.25) is 0 Å². The van der Waals surface area contributed by atoms with E-state index < -0.39 is 0 Å². The first-order valence-electron chi connectivity index (χ1n) is 7.84. The maximum absolute atomic E-state index is 4.80. The van der Waals surface area contributed by atoms with E-state index in [-0.39, 0.29) is 0 Å². The number of benzene rings is 1. The molecule has 1 atom stereocenters. The van der Waals surface area contributed by atoms with Crippen LogP contribution in [0.1, 0.15) is 47.5 Å². The highest BCUT2D eigenvalue weighted by Gasteiger charge is 2.23. The zero-order chi connectivity index (χ0) is 14.8. The molecule has 1 N–H and O–H groups in total. The van der Waals surface area contributed by atoms with Gasteiger partial charge in [0.1, 0.15) is 11.6 Å². The van der Waals surface area contributed by atoms with Crippen molar-refractivity contribution in [3.8, 4) is 0 Å². The summed E-state index contributed by atoms with van der Waals surface area (Å²) in [5.74, 6) is 2.44. The molecule has 2 aromatic rings. The molecule has 0 aliphatic heterocycles. The summed E-state index contributed by atoms with van der Waals surface area (Å²) in [6.45, 7) is 7.17. The van der Waals surface area contributed by atoms with Crippen molar-refractivity contribution >= 4 is 5.82 Å². The molecular weight excluding hydrogens is 258 g/mol. The Morgan fingerprint density at radius 3 is 2.67 bits per heavy atom. The van der Waals surface area contributed by atoms with E-state index in [1.165, 1.54) is 11.1 Å². The number of fused-ring (bicyclic) bond motifs is 1. The second-order valence-corrected chi connectivity index (χ2v) is 5.88. The molecule has 1 aliphatic carbocycles. The Labute approximate surface area is 126 Å². The second-order valence-electron chi connectivity index (χ2n) is 5.88. The largest absolute Gasteiger partial charge is 0.370 e. The van der Waals surface area contributed by atoms with Crippen LogP contribution in [0.15, 0.2) is 24.3 Å². The van der Waals surface area contributed by atoms with Gasteiger partial charge in [0, 0.05) is 23.7 Å². The number of hydrogen-bond acceptors (Lipinski definition) is 3. The van der Waals surface area contributed by atoms with Crippen molar-refractivity contribution in [3.05, 3.63) is 52.5 Å². The molecule has 0 spiro atoms. The first-order chi connectivity index (χ1) is 10.2. The molecule has 1 aromatic carbocycles. The third-order valence-electron chi connectivity index (χ3n) is 4.46. The molecule has 1 heterocycles. The number of nitrogens with one attached hydrogen (secondary N) is 1. The maximum Gasteiger partial charge on any atom is 0.134 e. The first kappa shape index (κ1) is 14.1. The molecule has 3 heteroatoms. The minimum absolute atomic E-state index is 0.441. The topological polar surface area (TPSA) is 37.8 Å². The van der Waals surface area contributed by atoms with E-state index in [9.17, 15) is 0 Å². The zero-order valence-corrected chi connectivity index (χ0v) is 13.1. The van der Waals surface area contributed by atoms with Gasteiger partial charge in [0.05, 0.1) is 0 Å². The van der Waals surface area contributed by atoms with Crippen LogP contribution < -0.4 is 5.32 Å². The standard InChI is InChI=1S/C18H23N3/c1-4-19-17-12(2)13(3)20-18(21-17)16-10-9-14-7-5-6-8-15(14)11-16/h5-8,16H,4,9-11H2,1-3H3,(H,19,20,21). The monoisotopic (exact) mass is 281 g/mol. The summed E-state index contributed by atoms with van der Waals surface area (Å²) in [6, 6.07) is 8.76. The zero-order valence-electron chi connectivity index (χ0n) is 13.1. The molecule has 1 aliphatic rings. The van der Waals surface area contributed by atoms with Crippen LogP contribution in [0, 0.1) is 13.8 Å². The molecule has 1 unspecified atom stereocenters. The number of aryl methyl sites for hydroxylation is 2. The van der Waals surface area contributed by atoms with Gasteiger partial charge >= 0.3 is 0 Å². The van der Waals surface area contributed by atoms with Gasteiger partial charge in [-0.2, -0.15) is 0 Å². The van der Waals surface area contributed by atoms with E-state index in [0.717, 1.165) is 48.7 Å². The Kier molecular flexibility index (Phi) is 3.91. The van der Waals surface area contributed by atoms with Crippen molar-refractivity contribution in [2.75, 3.05) is 11.9 Å². The fourth-order valence-corrected chi connectivity index (χ4v) is 3.09. The summed E-state index contributed by atoms with van der Waals surface area (Å²) in [5, 5.41) is 3.36. The van der Waals surface area contributed by atoms with Crippen molar-refractivity contribution in [2.24, 2.45) is 0 Å². The summed E-state index contributed by atoms with van der Waals surface area (Å²) in [6.07, 6.45) is 3.34. The number of aromatic nitrogens is 2. The predicted molar refractivity (Wildman–Crippen MR) is 86.9 cm³/mol. The fraction of sp³-hybridized carbons (Fsp3) is 0.444. The van der Waals surface area contributed by atoms with Crippen LogP contribution >= 0.6 is 0 Å². The van der Waals surface area contributed by atoms with Gasteiger partial charge in [-0.15, -0.1) is 0 Å². The van der Waals surface area contributed by atoms with Crippen LogP contribution in [0.2, 0.25) is 0 Å². The Morgan fingerprint density at radius 2 is 1.90 bits per heavy atom. The molecule has 0 bridgehead atoms. The highest BCUT2D eigenvalue weighted by Crippen LogP contribution is 2.32. The minimum atomic E-state index is 0.441. The molecule has 21 heavy (non-hydrogen) atoms. The average molecular weight is 281 g/mol. The van der Waals surface area contributed by atoms with E-state index in [0.29, 0.717) is 5.92 Å². The van der Waals surface area contributed by atoms with Crippen LogP contribution in [0.4, 0.5) is 5.82 Å². The third kappa shape index (κ3) is 2.78. The Morgan fingerprint density at radius 1 is 1.14 bits per heavy atom. The normalized spacial score (nSPS) is 17.4. The van der Waals surface area contributed by atoms with Gasteiger partial charge in [0.25, 0.3) is 0 Å². The molecule has 0 radical (unpaired) electrons. The van der Waals surface area contributed by atoms with Crippen molar-refractivity contribution in [1.82, 2.24) is 9.97 Å². The molecule has 0 amide bonds. The predicted octanol–water partition coefficient (Wildman–Crippen LogP) is 3.80. The van der Waals surface area contributed by atoms with Crippen LogP contribution in [0.5, 0.6) is 0 Å². The van der Waals surface area contributed by atoms with E-state index in [1.54, 1.807) is 0 Å². The lowest BCUT2D eigenvalue weighted by Crippen LogP contribution is -2.17. The van der Waals surface area contributed by atoms with E-state index >= 15 is 0 Å². The van der Waals surface area contributed by atoms with E-state index in [1.807, 2.05) is 0 Å². The number of rotatable bonds is 3. The lowest BCUT2D eigenvalue weighted by Gasteiger charge is -2.24. The highest BCUT2D eigenvalue weighted by molar-refractivity contribution is 5.46. The minimum Gasteiger partial charge on any atom is -0.370 e. The summed E-state index contributed by atoms with van der Waals surface area (Å²) >= 11 is 0. The van der Waals surface area contributed by atoms with Crippen molar-refractivity contribution < 1.29 is 0 Å². The molecular formula is C18H23N3. The summed E-state index contributed by atoms with van der Waals surface area (Å²) < 4.78 is 0. The molecule has 3 rings (SSSR count). The summed E-state index contributed by atoms with van der Waals surface area (Å²) in [4.78, 5) is 9.56. The molecule has 3 nitrogen and oxygen atoms in total. The number of anilines is 1. The SMILES string of the molecule is CCNc1nc(C2CCc3ccccc3C2)nc(C)c1C. The Hall–Kier alpha value is -1.90. The summed E-state index contributed by atoms with van der Waals surface area (Å²) in [7, 11) is 0. The quantitative estimate of drug-likeness (QED) is 0.930. The second kappa shape index (κ2) is 5.84. The average Bonchev–Trinajstić information content (AvgIpc) is 2.51. The van der Waals surface area contributed by atoms with Crippen LogP contribution in [0.25, 0.3) is 0 Å². The first-order valence-corrected chi connectivity index (χ1v) is 7.84. The van der Waals surface area contributed by atoms with Gasteiger partial charge in [-0.1, -0.05) is 24.3 Å². The highest BCUT2D eigenvalue weighted by atomic mass is 15.0. The van der Waals surface area contributed by atoms with Crippen molar-refractivity contribution in [1.29, 1.82) is 0 Å². The van der Waals surface area contributed by atoms with Gasteiger partial charge < -0.3 is 5.32 Å².